The highest BCUT2D eigenvalue weighted by atomic mass is 31.2. The normalized spacial score (nSPS) is 14.0. The SMILES string of the molecule is CCCCCCCCCC/C=C\CCCCCCCCCCCC(=O)NC(COP(=O)(O)OCC[N+](C)(C)C)C(O)CCCCCCCCCCCCCCCCCCCCCCCCC. The molecule has 0 aliphatic carbocycles. The first-order chi connectivity index (χ1) is 32.0. The molecule has 0 spiro atoms. The molecule has 3 unspecified atom stereocenters. The number of aliphatic hydroxyl groups excluding tert-OH is 1. The van der Waals surface area contributed by atoms with Gasteiger partial charge in [-0.05, 0) is 38.5 Å². The summed E-state index contributed by atoms with van der Waals surface area (Å²) >= 11 is 0. The first kappa shape index (κ1) is 65.2. The number of allylic oxidation sites excluding steroid dienone is 2. The first-order valence-corrected chi connectivity index (χ1v) is 30.5. The molecule has 394 valence electrons. The number of unbranched alkanes of at least 4 members (excludes halogenated alkanes) is 39. The molecule has 9 heteroatoms. The number of phosphoric acid groups is 1. The van der Waals surface area contributed by atoms with Crippen molar-refractivity contribution in [2.75, 3.05) is 40.9 Å². The van der Waals surface area contributed by atoms with E-state index in [2.05, 4.69) is 31.3 Å². The molecular weight excluding hydrogens is 840 g/mol. The van der Waals surface area contributed by atoms with Gasteiger partial charge in [-0.25, -0.2) is 4.57 Å². The van der Waals surface area contributed by atoms with Crippen molar-refractivity contribution in [3.05, 3.63) is 12.2 Å². The Hall–Kier alpha value is -0.760. The van der Waals surface area contributed by atoms with Gasteiger partial charge in [0, 0.05) is 6.42 Å². The Balaban J connectivity index is 4.15. The van der Waals surface area contributed by atoms with E-state index in [1.54, 1.807) is 0 Å². The molecular formula is C57H116N2O6P+. The molecule has 1 amide bonds. The summed E-state index contributed by atoms with van der Waals surface area (Å²) < 4.78 is 23.8. The number of amides is 1. The lowest BCUT2D eigenvalue weighted by atomic mass is 10.0. The fraction of sp³-hybridized carbons (Fsp3) is 0.947. The zero-order valence-electron chi connectivity index (χ0n) is 45.0. The largest absolute Gasteiger partial charge is 0.472 e. The Kier molecular flexibility index (Phi) is 48.7. The molecule has 0 saturated heterocycles. The molecule has 0 aromatic rings. The van der Waals surface area contributed by atoms with E-state index in [0.717, 1.165) is 38.5 Å². The van der Waals surface area contributed by atoms with Gasteiger partial charge in [-0.15, -0.1) is 0 Å². The van der Waals surface area contributed by atoms with Crippen LogP contribution in [0.15, 0.2) is 12.2 Å². The van der Waals surface area contributed by atoms with Gasteiger partial charge in [0.1, 0.15) is 13.2 Å². The molecule has 3 N–H and O–H groups in total. The van der Waals surface area contributed by atoms with Gasteiger partial charge in [0.2, 0.25) is 5.91 Å². The molecule has 0 heterocycles. The van der Waals surface area contributed by atoms with Gasteiger partial charge in [0.25, 0.3) is 0 Å². The lowest BCUT2D eigenvalue weighted by Gasteiger charge is -2.26. The zero-order valence-corrected chi connectivity index (χ0v) is 45.9. The molecule has 8 nitrogen and oxygen atoms in total. The number of hydrogen-bond acceptors (Lipinski definition) is 5. The highest BCUT2D eigenvalue weighted by molar-refractivity contribution is 7.47. The monoisotopic (exact) mass is 956 g/mol. The van der Waals surface area contributed by atoms with Crippen molar-refractivity contribution in [2.45, 2.75) is 309 Å². The van der Waals surface area contributed by atoms with E-state index >= 15 is 0 Å². The van der Waals surface area contributed by atoms with Gasteiger partial charge in [-0.2, -0.15) is 0 Å². The summed E-state index contributed by atoms with van der Waals surface area (Å²) in [4.78, 5) is 23.3. The van der Waals surface area contributed by atoms with Crippen molar-refractivity contribution >= 4 is 13.7 Å². The number of carbonyl (C=O) groups is 1. The van der Waals surface area contributed by atoms with Crippen LogP contribution in [0.3, 0.4) is 0 Å². The molecule has 3 atom stereocenters. The van der Waals surface area contributed by atoms with Crippen LogP contribution in [0.2, 0.25) is 0 Å². The second-order valence-corrected chi connectivity index (χ2v) is 22.8. The number of hydrogen-bond donors (Lipinski definition) is 3. The second kappa shape index (κ2) is 49.2. The molecule has 0 aromatic heterocycles. The average molecular weight is 957 g/mol. The van der Waals surface area contributed by atoms with Crippen molar-refractivity contribution in [1.29, 1.82) is 0 Å². The summed E-state index contributed by atoms with van der Waals surface area (Å²) in [6.45, 7) is 4.93. The van der Waals surface area contributed by atoms with E-state index in [4.69, 9.17) is 9.05 Å². The van der Waals surface area contributed by atoms with E-state index in [1.165, 1.54) is 231 Å². The van der Waals surface area contributed by atoms with Crippen LogP contribution in [0.25, 0.3) is 0 Å². The van der Waals surface area contributed by atoms with E-state index < -0.39 is 20.0 Å². The lowest BCUT2D eigenvalue weighted by molar-refractivity contribution is -0.870. The molecule has 0 radical (unpaired) electrons. The Bertz CT molecular complexity index is 1080. The maximum absolute atomic E-state index is 13.0. The maximum Gasteiger partial charge on any atom is 0.472 e. The number of aliphatic hydroxyl groups is 1. The highest BCUT2D eigenvalue weighted by Gasteiger charge is 2.28. The van der Waals surface area contributed by atoms with Crippen molar-refractivity contribution in [3.63, 3.8) is 0 Å². The molecule has 0 rings (SSSR count). The van der Waals surface area contributed by atoms with Crippen LogP contribution in [0.1, 0.15) is 296 Å². The number of rotatable bonds is 54. The Labute approximate surface area is 412 Å². The van der Waals surface area contributed by atoms with Crippen LogP contribution in [0.5, 0.6) is 0 Å². The van der Waals surface area contributed by atoms with Crippen molar-refractivity contribution in [3.8, 4) is 0 Å². The summed E-state index contributed by atoms with van der Waals surface area (Å²) in [5.74, 6) is -0.141. The lowest BCUT2D eigenvalue weighted by Crippen LogP contribution is -2.46. The van der Waals surface area contributed by atoms with Gasteiger partial charge in [-0.3, -0.25) is 13.8 Å². The minimum Gasteiger partial charge on any atom is -0.391 e. The van der Waals surface area contributed by atoms with E-state index in [-0.39, 0.29) is 19.1 Å². The third-order valence-electron chi connectivity index (χ3n) is 13.5. The number of nitrogens with one attached hydrogen (secondary N) is 1. The summed E-state index contributed by atoms with van der Waals surface area (Å²) in [6.07, 6.45) is 59.8. The quantitative estimate of drug-likeness (QED) is 0.0243. The van der Waals surface area contributed by atoms with Gasteiger partial charge < -0.3 is 19.8 Å². The zero-order chi connectivity index (χ0) is 48.5. The molecule has 66 heavy (non-hydrogen) atoms. The van der Waals surface area contributed by atoms with Crippen LogP contribution in [0, 0.1) is 0 Å². The second-order valence-electron chi connectivity index (χ2n) is 21.4. The first-order valence-electron chi connectivity index (χ1n) is 29.1. The fourth-order valence-corrected chi connectivity index (χ4v) is 9.66. The average Bonchev–Trinajstić information content (AvgIpc) is 3.28. The van der Waals surface area contributed by atoms with Crippen LogP contribution in [0.4, 0.5) is 0 Å². The molecule has 0 aromatic carbocycles. The van der Waals surface area contributed by atoms with Crippen LogP contribution in [-0.2, 0) is 18.4 Å². The van der Waals surface area contributed by atoms with Crippen LogP contribution < -0.4 is 5.32 Å². The minimum atomic E-state index is -4.32. The van der Waals surface area contributed by atoms with E-state index in [0.29, 0.717) is 23.9 Å². The number of likely N-dealkylation sites (N-methyl/N-ethyl adjacent to an activating group) is 1. The molecule has 0 aliphatic rings. The molecule has 0 aliphatic heterocycles. The summed E-state index contributed by atoms with van der Waals surface area (Å²) in [5.41, 5.74) is 0. The predicted octanol–water partition coefficient (Wildman–Crippen LogP) is 17.4. The van der Waals surface area contributed by atoms with Crippen molar-refractivity contribution in [2.24, 2.45) is 0 Å². The number of nitrogens with zero attached hydrogens (tertiary/aromatic N) is 1. The van der Waals surface area contributed by atoms with Crippen molar-refractivity contribution < 1.29 is 32.9 Å². The molecule has 0 bridgehead atoms. The summed E-state index contributed by atoms with van der Waals surface area (Å²) in [7, 11) is 1.63. The Morgan fingerprint density at radius 2 is 0.818 bits per heavy atom. The summed E-state index contributed by atoms with van der Waals surface area (Å²) in [5, 5.41) is 14.1. The standard InChI is InChI=1S/C57H115N2O6P/c1-6-8-10-12-14-16-18-20-22-24-26-28-29-31-32-34-36-38-40-42-44-46-48-50-56(60)55(54-65-66(62,63)64-53-52-59(3,4)5)58-57(61)51-49-47-45-43-41-39-37-35-33-30-27-25-23-21-19-17-15-13-11-9-7-2/h25,27,55-56,60H,6-24,26,28-54H2,1-5H3,(H-,58,61,62,63)/p+1/b27-25-. The fourth-order valence-electron chi connectivity index (χ4n) is 8.93. The highest BCUT2D eigenvalue weighted by Crippen LogP contribution is 2.43. The summed E-state index contributed by atoms with van der Waals surface area (Å²) in [6, 6.07) is -0.759. The van der Waals surface area contributed by atoms with Gasteiger partial charge >= 0.3 is 7.82 Å². The van der Waals surface area contributed by atoms with Gasteiger partial charge in [0.05, 0.1) is 39.9 Å². The predicted molar refractivity (Wildman–Crippen MR) is 286 cm³/mol. The number of quaternary nitrogens is 1. The number of carbonyl (C=O) groups excluding carboxylic acids is 1. The minimum absolute atomic E-state index is 0.0768. The topological polar surface area (TPSA) is 105 Å². The van der Waals surface area contributed by atoms with E-state index in [1.807, 2.05) is 21.1 Å². The third kappa shape index (κ3) is 51.1. The smallest absolute Gasteiger partial charge is 0.391 e. The maximum atomic E-state index is 13.0. The van der Waals surface area contributed by atoms with Gasteiger partial charge in [0.15, 0.2) is 0 Å². The van der Waals surface area contributed by atoms with Gasteiger partial charge in [-0.1, -0.05) is 264 Å². The number of phosphoric ester groups is 1. The van der Waals surface area contributed by atoms with Crippen LogP contribution in [-0.4, -0.2) is 73.4 Å². The molecule has 0 fully saturated rings. The van der Waals surface area contributed by atoms with E-state index in [9.17, 15) is 19.4 Å². The third-order valence-corrected chi connectivity index (χ3v) is 14.5. The van der Waals surface area contributed by atoms with Crippen LogP contribution >= 0.6 is 7.82 Å². The molecule has 0 saturated carbocycles. The Morgan fingerprint density at radius 1 is 0.500 bits per heavy atom. The van der Waals surface area contributed by atoms with Crippen molar-refractivity contribution in [1.82, 2.24) is 5.32 Å². The Morgan fingerprint density at radius 3 is 1.17 bits per heavy atom.